The van der Waals surface area contributed by atoms with Gasteiger partial charge in [0.1, 0.15) is 5.75 Å². The first kappa shape index (κ1) is 23.0. The molecule has 29 heavy (non-hydrogen) atoms. The second-order valence-corrected chi connectivity index (χ2v) is 9.22. The predicted molar refractivity (Wildman–Crippen MR) is 121 cm³/mol. The van der Waals surface area contributed by atoms with Gasteiger partial charge >= 0.3 is 5.97 Å². The van der Waals surface area contributed by atoms with Crippen LogP contribution < -0.4 is 4.74 Å². The normalized spacial score (nSPS) is 18.5. The molecular weight excluding hydrogens is 360 g/mol. The second kappa shape index (κ2) is 9.02. The van der Waals surface area contributed by atoms with Crippen LogP contribution in [0.5, 0.6) is 5.75 Å². The summed E-state index contributed by atoms with van der Waals surface area (Å²) in [6.45, 7) is 15.5. The van der Waals surface area contributed by atoms with Crippen molar-refractivity contribution in [1.82, 2.24) is 0 Å². The Morgan fingerprint density at radius 3 is 2.21 bits per heavy atom. The summed E-state index contributed by atoms with van der Waals surface area (Å²) in [7, 11) is 1.74. The molecule has 1 aromatic rings. The van der Waals surface area contributed by atoms with Gasteiger partial charge < -0.3 is 9.47 Å². The smallest absolute Gasteiger partial charge is 0.330 e. The Hall–Kier alpha value is -2.29. The van der Waals surface area contributed by atoms with Crippen LogP contribution in [0.15, 0.2) is 42.0 Å². The average molecular weight is 397 g/mol. The predicted octanol–water partition coefficient (Wildman–Crippen LogP) is 6.51. The van der Waals surface area contributed by atoms with Crippen LogP contribution in [0, 0.1) is 0 Å². The Morgan fingerprint density at radius 2 is 1.66 bits per heavy atom. The molecule has 2 rings (SSSR count). The molecule has 1 aromatic carbocycles. The highest BCUT2D eigenvalue weighted by atomic mass is 16.5. The van der Waals surface area contributed by atoms with E-state index in [1.165, 1.54) is 30.0 Å². The molecule has 1 aliphatic carbocycles. The second-order valence-electron chi connectivity index (χ2n) is 9.22. The van der Waals surface area contributed by atoms with Gasteiger partial charge in [0.25, 0.3) is 0 Å². The molecule has 0 N–H and O–H groups in total. The van der Waals surface area contributed by atoms with Crippen molar-refractivity contribution in [1.29, 1.82) is 0 Å². The Morgan fingerprint density at radius 1 is 1.07 bits per heavy atom. The molecule has 3 heteroatoms. The zero-order valence-electron chi connectivity index (χ0n) is 19.3. The van der Waals surface area contributed by atoms with Gasteiger partial charge in [-0.25, -0.2) is 4.79 Å². The third-order valence-corrected chi connectivity index (χ3v) is 5.94. The number of hydrogen-bond acceptors (Lipinski definition) is 3. The van der Waals surface area contributed by atoms with Crippen LogP contribution in [0.25, 0.3) is 5.57 Å². The molecule has 0 atom stereocenters. The fourth-order valence-corrected chi connectivity index (χ4v) is 3.92. The van der Waals surface area contributed by atoms with Crippen molar-refractivity contribution in [2.75, 3.05) is 13.7 Å². The maximum absolute atomic E-state index is 11.5. The van der Waals surface area contributed by atoms with Gasteiger partial charge in [-0.3, -0.25) is 0 Å². The summed E-state index contributed by atoms with van der Waals surface area (Å²) < 4.78 is 10.7. The first-order chi connectivity index (χ1) is 13.5. The highest BCUT2D eigenvalue weighted by Gasteiger charge is 2.37. The fourth-order valence-electron chi connectivity index (χ4n) is 3.92. The number of carbonyl (C=O) groups is 1. The molecule has 0 radical (unpaired) electrons. The van der Waals surface area contributed by atoms with Crippen LogP contribution in [0.3, 0.4) is 0 Å². The number of benzene rings is 1. The number of fused-ring (bicyclic) bond motifs is 1. The highest BCUT2D eigenvalue weighted by molar-refractivity contribution is 5.83. The highest BCUT2D eigenvalue weighted by Crippen LogP contribution is 2.48. The maximum Gasteiger partial charge on any atom is 0.330 e. The van der Waals surface area contributed by atoms with Crippen molar-refractivity contribution in [3.63, 3.8) is 0 Å². The van der Waals surface area contributed by atoms with Crippen LogP contribution in [-0.4, -0.2) is 19.7 Å². The molecule has 0 aliphatic heterocycles. The summed E-state index contributed by atoms with van der Waals surface area (Å²) in [4.78, 5) is 11.5. The molecule has 158 valence electrons. The van der Waals surface area contributed by atoms with E-state index in [-0.39, 0.29) is 16.8 Å². The van der Waals surface area contributed by atoms with Gasteiger partial charge in [0.05, 0.1) is 13.7 Å². The van der Waals surface area contributed by atoms with E-state index >= 15 is 0 Å². The van der Waals surface area contributed by atoms with E-state index in [4.69, 9.17) is 9.47 Å². The molecule has 0 amide bonds. The van der Waals surface area contributed by atoms with Gasteiger partial charge in [-0.15, -0.1) is 0 Å². The molecule has 0 bridgehead atoms. The van der Waals surface area contributed by atoms with Crippen LogP contribution in [0.1, 0.15) is 78.0 Å². The minimum atomic E-state index is -0.309. The van der Waals surface area contributed by atoms with E-state index in [0.29, 0.717) is 6.61 Å². The number of allylic oxidation sites excluding steroid dienone is 5. The Kier molecular flexibility index (Phi) is 7.15. The molecule has 3 nitrogen and oxygen atoms in total. The molecular formula is C26H36O3. The standard InChI is InChI=1S/C26H36O3/c1-9-29-24(27)15-18(2)11-10-12-19(3)20-16-21-22(17-23(20)28-8)26(6,7)14-13-25(21,4)5/h10-12,15-17H,9,13-14H2,1-8H3. The molecule has 1 aliphatic rings. The summed E-state index contributed by atoms with van der Waals surface area (Å²) in [5.74, 6) is 0.604. The summed E-state index contributed by atoms with van der Waals surface area (Å²) in [6, 6.07) is 4.55. The molecule has 0 heterocycles. The average Bonchev–Trinajstić information content (AvgIpc) is 2.64. The lowest BCUT2D eigenvalue weighted by molar-refractivity contribution is -0.137. The lowest BCUT2D eigenvalue weighted by Gasteiger charge is -2.42. The number of rotatable bonds is 6. The van der Waals surface area contributed by atoms with Crippen molar-refractivity contribution >= 4 is 11.5 Å². The van der Waals surface area contributed by atoms with Gasteiger partial charge in [0.2, 0.25) is 0 Å². The van der Waals surface area contributed by atoms with Gasteiger partial charge in [-0.2, -0.15) is 0 Å². The summed E-state index contributed by atoms with van der Waals surface area (Å²) in [5.41, 5.74) is 6.22. The van der Waals surface area contributed by atoms with E-state index in [0.717, 1.165) is 22.5 Å². The van der Waals surface area contributed by atoms with Crippen molar-refractivity contribution in [3.8, 4) is 5.75 Å². The number of methoxy groups -OCH3 is 1. The molecule has 0 fully saturated rings. The minimum absolute atomic E-state index is 0.154. The lowest BCUT2D eigenvalue weighted by atomic mass is 9.62. The Balaban J connectivity index is 2.40. The fraction of sp³-hybridized carbons (Fsp3) is 0.500. The van der Waals surface area contributed by atoms with E-state index in [1.54, 1.807) is 14.0 Å². The van der Waals surface area contributed by atoms with Crippen molar-refractivity contribution in [2.45, 2.75) is 72.1 Å². The Labute approximate surface area is 176 Å². The van der Waals surface area contributed by atoms with Crippen LogP contribution in [-0.2, 0) is 20.4 Å². The molecule has 0 saturated heterocycles. The van der Waals surface area contributed by atoms with Crippen LogP contribution in [0.4, 0.5) is 0 Å². The number of esters is 1. The number of ether oxygens (including phenoxy) is 2. The zero-order chi connectivity index (χ0) is 21.8. The summed E-state index contributed by atoms with van der Waals surface area (Å²) in [6.07, 6.45) is 9.81. The molecule has 0 saturated carbocycles. The van der Waals surface area contributed by atoms with Gasteiger partial charge in [0.15, 0.2) is 0 Å². The van der Waals surface area contributed by atoms with E-state index in [1.807, 2.05) is 19.1 Å². The van der Waals surface area contributed by atoms with Gasteiger partial charge in [0, 0.05) is 11.6 Å². The summed E-state index contributed by atoms with van der Waals surface area (Å²) >= 11 is 0. The summed E-state index contributed by atoms with van der Waals surface area (Å²) in [5, 5.41) is 0. The number of hydrogen-bond donors (Lipinski definition) is 0. The topological polar surface area (TPSA) is 35.5 Å². The molecule has 0 spiro atoms. The maximum atomic E-state index is 11.5. The molecule has 0 unspecified atom stereocenters. The number of carbonyl (C=O) groups excluding carboxylic acids is 1. The third-order valence-electron chi connectivity index (χ3n) is 5.94. The monoisotopic (exact) mass is 396 g/mol. The van der Waals surface area contributed by atoms with Crippen LogP contribution >= 0.6 is 0 Å². The third kappa shape index (κ3) is 5.41. The first-order valence-electron chi connectivity index (χ1n) is 10.4. The van der Waals surface area contributed by atoms with Crippen molar-refractivity contribution in [3.05, 3.63) is 58.7 Å². The molecule has 0 aromatic heterocycles. The Bertz CT molecular complexity index is 851. The largest absolute Gasteiger partial charge is 0.496 e. The zero-order valence-corrected chi connectivity index (χ0v) is 19.3. The van der Waals surface area contributed by atoms with E-state index in [9.17, 15) is 4.79 Å². The van der Waals surface area contributed by atoms with Gasteiger partial charge in [-0.05, 0) is 78.8 Å². The SMILES string of the molecule is CCOC(=O)C=C(C)C=CC=C(C)c1cc2c(cc1OC)C(C)(C)CCC2(C)C. The van der Waals surface area contributed by atoms with Crippen molar-refractivity contribution < 1.29 is 14.3 Å². The first-order valence-corrected chi connectivity index (χ1v) is 10.4. The lowest BCUT2D eigenvalue weighted by Crippen LogP contribution is -2.34. The van der Waals surface area contributed by atoms with Crippen LogP contribution in [0.2, 0.25) is 0 Å². The minimum Gasteiger partial charge on any atom is -0.496 e. The van der Waals surface area contributed by atoms with E-state index < -0.39 is 0 Å². The van der Waals surface area contributed by atoms with E-state index in [2.05, 4.69) is 52.8 Å². The van der Waals surface area contributed by atoms with Crippen molar-refractivity contribution in [2.24, 2.45) is 0 Å². The quantitative estimate of drug-likeness (QED) is 0.312. The van der Waals surface area contributed by atoms with Gasteiger partial charge in [-0.1, -0.05) is 45.9 Å².